The molecule has 0 N–H and O–H groups in total. The van der Waals surface area contributed by atoms with Gasteiger partial charge in [0.1, 0.15) is 0 Å². The van der Waals surface area contributed by atoms with Crippen LogP contribution in [0.15, 0.2) is 24.3 Å². The van der Waals surface area contributed by atoms with Crippen molar-refractivity contribution in [2.24, 2.45) is 0 Å². The zero-order valence-electron chi connectivity index (χ0n) is 8.29. The van der Waals surface area contributed by atoms with E-state index in [0.717, 1.165) is 30.3 Å². The fourth-order valence-corrected chi connectivity index (χ4v) is 1.88. The molecule has 0 fully saturated rings. The van der Waals surface area contributed by atoms with Crippen molar-refractivity contribution in [3.05, 3.63) is 35.4 Å². The molecule has 1 rings (SSSR count). The van der Waals surface area contributed by atoms with Gasteiger partial charge in [-0.2, -0.15) is 0 Å². The molecule has 0 aliphatic carbocycles. The van der Waals surface area contributed by atoms with Gasteiger partial charge < -0.3 is 0 Å². The van der Waals surface area contributed by atoms with Crippen molar-refractivity contribution < 1.29 is 4.79 Å². The summed E-state index contributed by atoms with van der Waals surface area (Å²) in [6.07, 6.45) is 0. The van der Waals surface area contributed by atoms with Crippen LogP contribution < -0.4 is 0 Å². The molecule has 0 aliphatic rings. The molecule has 0 saturated carbocycles. The first-order valence-electron chi connectivity index (χ1n) is 4.31. The summed E-state index contributed by atoms with van der Waals surface area (Å²) in [6, 6.07) is 7.97. The SMILES string of the molecule is CC(=O)c1ccc([C](C)(C)[BiH2])cc1. The fourth-order valence-electron chi connectivity index (χ4n) is 1.13. The monoisotopic (exact) mass is 372 g/mol. The van der Waals surface area contributed by atoms with Gasteiger partial charge in [-0.25, -0.2) is 0 Å². The summed E-state index contributed by atoms with van der Waals surface area (Å²) in [7, 11) is 0. The normalized spacial score (nSPS) is 11.4. The van der Waals surface area contributed by atoms with Crippen LogP contribution in [0.5, 0.6) is 0 Å². The first-order chi connectivity index (χ1) is 5.91. The number of carbonyl (C=O) groups excluding carboxylic acids is 1. The molecule has 0 bridgehead atoms. The van der Waals surface area contributed by atoms with Crippen LogP contribution in [0.4, 0.5) is 0 Å². The first-order valence-corrected chi connectivity index (χ1v) is 6.56. The summed E-state index contributed by atoms with van der Waals surface area (Å²) in [5.41, 5.74) is 2.14. The van der Waals surface area contributed by atoms with E-state index < -0.39 is 0 Å². The maximum absolute atomic E-state index is 11.0. The van der Waals surface area contributed by atoms with Gasteiger partial charge in [-0.05, 0) is 0 Å². The molecular weight excluding hydrogens is 357 g/mol. The van der Waals surface area contributed by atoms with Crippen LogP contribution in [0.3, 0.4) is 0 Å². The van der Waals surface area contributed by atoms with Gasteiger partial charge in [-0.3, -0.25) is 0 Å². The second-order valence-corrected chi connectivity index (χ2v) is 9.47. The van der Waals surface area contributed by atoms with Crippen molar-refractivity contribution >= 4 is 30.5 Å². The molecule has 0 radical (unpaired) electrons. The summed E-state index contributed by atoms with van der Waals surface area (Å²) < 4.78 is 0.329. The number of hydrogen-bond donors (Lipinski definition) is 0. The zero-order valence-corrected chi connectivity index (χ0v) is 12.8. The fraction of sp³-hybridized carbons (Fsp3) is 0.364. The molecule has 70 valence electrons. The average molecular weight is 372 g/mol. The molecule has 0 aliphatic heterocycles. The Hall–Kier alpha value is -0.227. The van der Waals surface area contributed by atoms with E-state index in [-0.39, 0.29) is 5.78 Å². The molecular formula is C11H15BiO. The van der Waals surface area contributed by atoms with Crippen LogP contribution in [0.1, 0.15) is 36.7 Å². The molecule has 0 spiro atoms. The van der Waals surface area contributed by atoms with Crippen LogP contribution in [0.2, 0.25) is 0 Å². The van der Waals surface area contributed by atoms with E-state index in [2.05, 4.69) is 26.0 Å². The Balaban J connectivity index is 3.01. The second kappa shape index (κ2) is 3.88. The Kier molecular flexibility index (Phi) is 3.24. The predicted octanol–water partition coefficient (Wildman–Crippen LogP) is 1.76. The number of benzene rings is 1. The summed E-state index contributed by atoms with van der Waals surface area (Å²) in [6.45, 7) is 6.07. The maximum atomic E-state index is 11.0. The quantitative estimate of drug-likeness (QED) is 0.571. The van der Waals surface area contributed by atoms with Crippen molar-refractivity contribution in [3.63, 3.8) is 0 Å². The summed E-state index contributed by atoms with van der Waals surface area (Å²) in [4.78, 5) is 11.0. The summed E-state index contributed by atoms with van der Waals surface area (Å²) in [5.74, 6) is 0.139. The third kappa shape index (κ3) is 2.88. The Bertz CT molecular complexity index is 306. The number of ketones is 1. The second-order valence-electron chi connectivity index (χ2n) is 3.86. The zero-order chi connectivity index (χ0) is 10.1. The molecule has 0 atom stereocenters. The first kappa shape index (κ1) is 10.9. The van der Waals surface area contributed by atoms with Crippen molar-refractivity contribution in [3.8, 4) is 0 Å². The van der Waals surface area contributed by atoms with Gasteiger partial charge in [0, 0.05) is 0 Å². The van der Waals surface area contributed by atoms with E-state index in [1.165, 1.54) is 5.56 Å². The van der Waals surface area contributed by atoms with E-state index in [4.69, 9.17) is 0 Å². The Morgan fingerprint density at radius 3 is 2.00 bits per heavy atom. The Morgan fingerprint density at radius 2 is 1.69 bits per heavy atom. The minimum atomic E-state index is 0.139. The molecule has 1 aromatic rings. The van der Waals surface area contributed by atoms with Gasteiger partial charge in [0.15, 0.2) is 0 Å². The molecule has 2 heteroatoms. The Morgan fingerprint density at radius 1 is 1.23 bits per heavy atom. The number of carbonyl (C=O) groups is 1. The predicted molar refractivity (Wildman–Crippen MR) is 58.0 cm³/mol. The van der Waals surface area contributed by atoms with Crippen LogP contribution in [-0.4, -0.2) is 30.5 Å². The molecule has 0 heterocycles. The van der Waals surface area contributed by atoms with Gasteiger partial charge >= 0.3 is 94.6 Å². The van der Waals surface area contributed by atoms with E-state index in [9.17, 15) is 4.79 Å². The number of hydrogen-bond acceptors (Lipinski definition) is 1. The van der Waals surface area contributed by atoms with Gasteiger partial charge in [0.25, 0.3) is 0 Å². The molecule has 13 heavy (non-hydrogen) atoms. The van der Waals surface area contributed by atoms with E-state index in [0.29, 0.717) is 3.12 Å². The van der Waals surface area contributed by atoms with Gasteiger partial charge in [-0.1, -0.05) is 0 Å². The van der Waals surface area contributed by atoms with Crippen LogP contribution in [-0.2, 0) is 3.12 Å². The molecule has 0 aromatic heterocycles. The van der Waals surface area contributed by atoms with Gasteiger partial charge in [-0.15, -0.1) is 0 Å². The number of Topliss-reactive ketones (excluding diaryl/α,β-unsaturated/α-hetero) is 1. The van der Waals surface area contributed by atoms with E-state index >= 15 is 0 Å². The summed E-state index contributed by atoms with van der Waals surface area (Å²) in [5, 5.41) is 0. The summed E-state index contributed by atoms with van der Waals surface area (Å²) >= 11 is 0.917. The van der Waals surface area contributed by atoms with Crippen molar-refractivity contribution in [2.75, 3.05) is 0 Å². The molecule has 1 aromatic carbocycles. The number of rotatable bonds is 2. The van der Waals surface area contributed by atoms with Gasteiger partial charge in [0.2, 0.25) is 0 Å². The minimum absolute atomic E-state index is 0.139. The molecule has 0 saturated heterocycles. The van der Waals surface area contributed by atoms with E-state index in [1.807, 2.05) is 12.1 Å². The average Bonchev–Trinajstić information content (AvgIpc) is 2.03. The van der Waals surface area contributed by atoms with Crippen LogP contribution in [0, 0.1) is 0 Å². The van der Waals surface area contributed by atoms with Crippen molar-refractivity contribution in [1.82, 2.24) is 0 Å². The van der Waals surface area contributed by atoms with Gasteiger partial charge in [0.05, 0.1) is 0 Å². The third-order valence-electron chi connectivity index (χ3n) is 2.04. The molecule has 1 nitrogen and oxygen atoms in total. The Labute approximate surface area is 94.4 Å². The molecule has 0 amide bonds. The molecule has 0 unspecified atom stereocenters. The van der Waals surface area contributed by atoms with E-state index in [1.54, 1.807) is 6.92 Å². The standard InChI is InChI=1S/C11H13O.Bi.2H/c1-8(2)10-4-6-11(7-5-10)9(3)12;;;/h4-7H,1-3H3;;;. The van der Waals surface area contributed by atoms with Crippen molar-refractivity contribution in [2.45, 2.75) is 23.9 Å². The van der Waals surface area contributed by atoms with Crippen LogP contribution in [0.25, 0.3) is 0 Å². The topological polar surface area (TPSA) is 17.1 Å². The third-order valence-corrected chi connectivity index (χ3v) is 3.33. The van der Waals surface area contributed by atoms with Crippen LogP contribution >= 0.6 is 0 Å². The van der Waals surface area contributed by atoms with Crippen molar-refractivity contribution in [1.29, 1.82) is 0 Å².